The van der Waals surface area contributed by atoms with E-state index in [1.807, 2.05) is 37.3 Å². The number of nitrogens with one attached hydrogen (secondary N) is 2. The summed E-state index contributed by atoms with van der Waals surface area (Å²) >= 11 is 6.37. The lowest BCUT2D eigenvalue weighted by Crippen LogP contribution is -2.24. The standard InChI is InChI=1S/C22H25ClN4O3/c1-4-5-9-24-21(28)16-8-6-7-15(11-16)17-12-18(23)14(2)10-19(17)30-13-20-25-26-22(29)27(20)3/h6-8,10-12H,4-5,9,13H2,1-3H3,(H,24,28)(H,26,29). The van der Waals surface area contributed by atoms with E-state index >= 15 is 0 Å². The number of carbonyl (C=O) groups is 1. The Labute approximate surface area is 180 Å². The molecule has 0 aliphatic rings. The van der Waals surface area contributed by atoms with Gasteiger partial charge in [0.2, 0.25) is 0 Å². The molecule has 7 nitrogen and oxygen atoms in total. The summed E-state index contributed by atoms with van der Waals surface area (Å²) < 4.78 is 7.38. The monoisotopic (exact) mass is 428 g/mol. The van der Waals surface area contributed by atoms with Crippen LogP contribution in [0.25, 0.3) is 11.1 Å². The summed E-state index contributed by atoms with van der Waals surface area (Å²) in [5, 5.41) is 9.89. The Kier molecular flexibility index (Phi) is 6.95. The number of nitrogens with zero attached hydrogens (tertiary/aromatic N) is 2. The zero-order valence-corrected chi connectivity index (χ0v) is 18.0. The third-order valence-electron chi connectivity index (χ3n) is 4.84. The van der Waals surface area contributed by atoms with Crippen LogP contribution in [0.4, 0.5) is 0 Å². The van der Waals surface area contributed by atoms with Crippen LogP contribution in [0.15, 0.2) is 41.2 Å². The van der Waals surface area contributed by atoms with Gasteiger partial charge in [0.05, 0.1) is 0 Å². The number of rotatable bonds is 8. The lowest BCUT2D eigenvalue weighted by Gasteiger charge is -2.14. The van der Waals surface area contributed by atoms with E-state index in [9.17, 15) is 9.59 Å². The molecule has 1 heterocycles. The minimum Gasteiger partial charge on any atom is -0.485 e. The summed E-state index contributed by atoms with van der Waals surface area (Å²) in [5.74, 6) is 0.955. The van der Waals surface area contributed by atoms with E-state index in [2.05, 4.69) is 22.4 Å². The molecule has 1 amide bonds. The number of aryl methyl sites for hydroxylation is 1. The van der Waals surface area contributed by atoms with Gasteiger partial charge in [-0.1, -0.05) is 37.1 Å². The van der Waals surface area contributed by atoms with Crippen molar-refractivity contribution in [2.45, 2.75) is 33.3 Å². The molecule has 0 saturated carbocycles. The van der Waals surface area contributed by atoms with Gasteiger partial charge in [0.1, 0.15) is 12.4 Å². The van der Waals surface area contributed by atoms with Gasteiger partial charge >= 0.3 is 5.69 Å². The van der Waals surface area contributed by atoms with Crippen LogP contribution in [0.2, 0.25) is 5.02 Å². The van der Waals surface area contributed by atoms with Gasteiger partial charge < -0.3 is 10.1 Å². The van der Waals surface area contributed by atoms with Gasteiger partial charge in [0.25, 0.3) is 5.91 Å². The second-order valence-electron chi connectivity index (χ2n) is 7.08. The third kappa shape index (κ3) is 4.91. The van der Waals surface area contributed by atoms with Gasteiger partial charge in [0, 0.05) is 29.7 Å². The van der Waals surface area contributed by atoms with Gasteiger partial charge in [-0.25, -0.2) is 9.89 Å². The van der Waals surface area contributed by atoms with Crippen molar-refractivity contribution in [1.82, 2.24) is 20.1 Å². The van der Waals surface area contributed by atoms with E-state index in [4.69, 9.17) is 16.3 Å². The fourth-order valence-electron chi connectivity index (χ4n) is 2.96. The number of unbranched alkanes of at least 4 members (excludes halogenated alkanes) is 1. The molecule has 2 N–H and O–H groups in total. The molecule has 0 saturated heterocycles. The minimum absolute atomic E-state index is 0.112. The maximum atomic E-state index is 12.4. The van der Waals surface area contributed by atoms with Gasteiger partial charge in [0.15, 0.2) is 5.82 Å². The van der Waals surface area contributed by atoms with Crippen LogP contribution in [-0.2, 0) is 13.7 Å². The summed E-state index contributed by atoms with van der Waals surface area (Å²) in [6, 6.07) is 11.0. The molecular weight excluding hydrogens is 404 g/mol. The molecule has 0 atom stereocenters. The summed E-state index contributed by atoms with van der Waals surface area (Å²) in [6.07, 6.45) is 1.96. The predicted molar refractivity (Wildman–Crippen MR) is 117 cm³/mol. The first kappa shape index (κ1) is 21.6. The fourth-order valence-corrected chi connectivity index (χ4v) is 3.12. The number of aromatic nitrogens is 3. The average Bonchev–Trinajstić information content (AvgIpc) is 3.06. The normalized spacial score (nSPS) is 10.8. The second-order valence-corrected chi connectivity index (χ2v) is 7.49. The minimum atomic E-state index is -0.303. The average molecular weight is 429 g/mol. The van der Waals surface area contributed by atoms with Crippen molar-refractivity contribution in [3.8, 4) is 16.9 Å². The molecular formula is C22H25ClN4O3. The highest BCUT2D eigenvalue weighted by Gasteiger charge is 2.14. The first-order valence-electron chi connectivity index (χ1n) is 9.82. The van der Waals surface area contributed by atoms with E-state index in [-0.39, 0.29) is 18.2 Å². The van der Waals surface area contributed by atoms with Gasteiger partial charge in [-0.2, -0.15) is 5.10 Å². The topological polar surface area (TPSA) is 89.0 Å². The van der Waals surface area contributed by atoms with Crippen molar-refractivity contribution in [2.75, 3.05) is 6.54 Å². The first-order valence-corrected chi connectivity index (χ1v) is 10.2. The summed E-state index contributed by atoms with van der Waals surface area (Å²) in [4.78, 5) is 24.0. The molecule has 0 radical (unpaired) electrons. The predicted octanol–water partition coefficient (Wildman–Crippen LogP) is 3.85. The highest BCUT2D eigenvalue weighted by atomic mass is 35.5. The van der Waals surface area contributed by atoms with Crippen LogP contribution < -0.4 is 15.7 Å². The van der Waals surface area contributed by atoms with Crippen molar-refractivity contribution in [2.24, 2.45) is 7.05 Å². The molecule has 2 aromatic carbocycles. The lowest BCUT2D eigenvalue weighted by atomic mass is 10.0. The maximum absolute atomic E-state index is 12.4. The molecule has 158 valence electrons. The molecule has 8 heteroatoms. The number of aromatic amines is 1. The van der Waals surface area contributed by atoms with Gasteiger partial charge in [-0.3, -0.25) is 9.36 Å². The van der Waals surface area contributed by atoms with Gasteiger partial charge in [-0.05, 0) is 48.7 Å². The van der Waals surface area contributed by atoms with Crippen LogP contribution in [0.5, 0.6) is 5.75 Å². The molecule has 0 bridgehead atoms. The SMILES string of the molecule is CCCCNC(=O)c1cccc(-c2cc(Cl)c(C)cc2OCc2n[nH]c(=O)n2C)c1. The Morgan fingerprint density at radius 1 is 1.30 bits per heavy atom. The largest absolute Gasteiger partial charge is 0.485 e. The smallest absolute Gasteiger partial charge is 0.343 e. The molecule has 3 rings (SSSR count). The molecule has 0 aliphatic carbocycles. The van der Waals surface area contributed by atoms with Crippen molar-refractivity contribution in [3.05, 3.63) is 68.9 Å². The second kappa shape index (κ2) is 9.63. The Morgan fingerprint density at radius 2 is 2.10 bits per heavy atom. The van der Waals surface area contributed by atoms with Crippen molar-refractivity contribution in [1.29, 1.82) is 0 Å². The zero-order valence-electron chi connectivity index (χ0n) is 17.3. The number of amides is 1. The number of carbonyl (C=O) groups excluding carboxylic acids is 1. The molecule has 1 aromatic heterocycles. The fraction of sp³-hybridized carbons (Fsp3) is 0.318. The van der Waals surface area contributed by atoms with E-state index < -0.39 is 0 Å². The molecule has 30 heavy (non-hydrogen) atoms. The third-order valence-corrected chi connectivity index (χ3v) is 5.25. The summed E-state index contributed by atoms with van der Waals surface area (Å²) in [7, 11) is 1.62. The number of ether oxygens (including phenoxy) is 1. The molecule has 0 aliphatic heterocycles. The van der Waals surface area contributed by atoms with Crippen LogP contribution in [0, 0.1) is 6.92 Å². The van der Waals surface area contributed by atoms with Crippen molar-refractivity contribution >= 4 is 17.5 Å². The highest BCUT2D eigenvalue weighted by molar-refractivity contribution is 6.31. The first-order chi connectivity index (χ1) is 14.4. The Bertz CT molecular complexity index is 1100. The summed E-state index contributed by atoms with van der Waals surface area (Å²) in [5.41, 5.74) is 2.70. The Balaban J connectivity index is 1.90. The van der Waals surface area contributed by atoms with E-state index in [0.29, 0.717) is 28.7 Å². The maximum Gasteiger partial charge on any atom is 0.343 e. The molecule has 0 unspecified atom stereocenters. The highest BCUT2D eigenvalue weighted by Crippen LogP contribution is 2.35. The van der Waals surface area contributed by atoms with Crippen LogP contribution in [-0.4, -0.2) is 27.2 Å². The van der Waals surface area contributed by atoms with Crippen LogP contribution in [0.3, 0.4) is 0 Å². The Hall–Kier alpha value is -3.06. The number of benzene rings is 2. The Morgan fingerprint density at radius 3 is 2.80 bits per heavy atom. The molecule has 0 spiro atoms. The number of H-pyrrole nitrogens is 1. The molecule has 0 fully saturated rings. The van der Waals surface area contributed by atoms with E-state index in [1.165, 1.54) is 4.57 Å². The van der Waals surface area contributed by atoms with Crippen molar-refractivity contribution in [3.63, 3.8) is 0 Å². The zero-order chi connectivity index (χ0) is 21.7. The van der Waals surface area contributed by atoms with Crippen molar-refractivity contribution < 1.29 is 9.53 Å². The number of halogens is 1. The molecule has 3 aromatic rings. The number of hydrogen-bond acceptors (Lipinski definition) is 4. The quantitative estimate of drug-likeness (QED) is 0.533. The van der Waals surface area contributed by atoms with Gasteiger partial charge in [-0.15, -0.1) is 0 Å². The van der Waals surface area contributed by atoms with Crippen LogP contribution >= 0.6 is 11.6 Å². The summed E-state index contributed by atoms with van der Waals surface area (Å²) in [6.45, 7) is 4.73. The van der Waals surface area contributed by atoms with Crippen LogP contribution in [0.1, 0.15) is 41.5 Å². The number of hydrogen-bond donors (Lipinski definition) is 2. The van der Waals surface area contributed by atoms with E-state index in [1.54, 1.807) is 13.1 Å². The van der Waals surface area contributed by atoms with E-state index in [0.717, 1.165) is 29.5 Å². The lowest BCUT2D eigenvalue weighted by molar-refractivity contribution is 0.0953.